The summed E-state index contributed by atoms with van der Waals surface area (Å²) in [5.74, 6) is 0. The Balaban J connectivity index is 2.00. The van der Waals surface area contributed by atoms with Gasteiger partial charge in [-0.25, -0.2) is 0 Å². The number of rotatable bonds is 1. The van der Waals surface area contributed by atoms with Gasteiger partial charge in [0.05, 0.1) is 0 Å². The molecule has 1 rings (SSSR count). The van der Waals surface area contributed by atoms with E-state index >= 15 is 0 Å². The fourth-order valence-corrected chi connectivity index (χ4v) is 8.07. The molecule has 0 bridgehead atoms. The molecule has 1 fully saturated rings. The van der Waals surface area contributed by atoms with Gasteiger partial charge in [0.2, 0.25) is 0 Å². The first-order chi connectivity index (χ1) is 2.43. The first kappa shape index (κ1) is 4.57. The molecule has 1 saturated carbocycles. The van der Waals surface area contributed by atoms with E-state index in [-0.39, 0.29) is 22.1 Å². The SMILES string of the molecule is [Br][Hg][CH]1CC1. The Morgan fingerprint density at radius 1 is 1.60 bits per heavy atom. The fraction of sp³-hybridized carbons (Fsp3) is 1.00. The third kappa shape index (κ3) is 1.53. The van der Waals surface area contributed by atoms with Crippen LogP contribution in [0, 0.1) is 0 Å². The Bertz CT molecular complexity index is 33.9. The van der Waals surface area contributed by atoms with Gasteiger partial charge < -0.3 is 0 Å². The van der Waals surface area contributed by atoms with Crippen LogP contribution in [0.4, 0.5) is 0 Å². The van der Waals surface area contributed by atoms with Gasteiger partial charge in [-0.05, 0) is 0 Å². The summed E-state index contributed by atoms with van der Waals surface area (Å²) >= 11 is 3.30. The summed E-state index contributed by atoms with van der Waals surface area (Å²) in [4.78, 5) is 0. The molecule has 1 aliphatic carbocycles. The second-order valence-electron chi connectivity index (χ2n) is 1.60. The van der Waals surface area contributed by atoms with E-state index in [9.17, 15) is 0 Å². The van der Waals surface area contributed by atoms with Crippen molar-refractivity contribution < 1.29 is 22.1 Å². The molecule has 0 aromatic rings. The van der Waals surface area contributed by atoms with Crippen LogP contribution >= 0.6 is 11.9 Å². The molecular weight excluding hydrogens is 317 g/mol. The quantitative estimate of drug-likeness (QED) is 0.648. The van der Waals surface area contributed by atoms with Crippen LogP contribution in [0.5, 0.6) is 0 Å². The molecule has 0 aromatic carbocycles. The zero-order chi connectivity index (χ0) is 3.70. The third-order valence-electron chi connectivity index (χ3n) is 0.915. The molecule has 0 saturated heterocycles. The van der Waals surface area contributed by atoms with Crippen molar-refractivity contribution in [2.75, 3.05) is 0 Å². The molecule has 0 unspecified atom stereocenters. The molecular formula is C3H5BrHg. The Morgan fingerprint density at radius 2 is 2.20 bits per heavy atom. The molecule has 0 amide bonds. The summed E-state index contributed by atoms with van der Waals surface area (Å²) in [5, 5.41) is 0. The topological polar surface area (TPSA) is 0 Å². The normalized spacial score (nSPS) is 21.8. The van der Waals surface area contributed by atoms with E-state index < -0.39 is 0 Å². The van der Waals surface area contributed by atoms with Gasteiger partial charge in [-0.2, -0.15) is 0 Å². The van der Waals surface area contributed by atoms with Gasteiger partial charge in [-0.3, -0.25) is 0 Å². The van der Waals surface area contributed by atoms with Crippen molar-refractivity contribution in [3.8, 4) is 0 Å². The predicted octanol–water partition coefficient (Wildman–Crippen LogP) is 1.96. The minimum atomic E-state index is -0.302. The van der Waals surface area contributed by atoms with Crippen molar-refractivity contribution in [3.05, 3.63) is 0 Å². The average molecular weight is 322 g/mol. The van der Waals surface area contributed by atoms with Crippen LogP contribution in [0.2, 0.25) is 3.43 Å². The van der Waals surface area contributed by atoms with E-state index in [1.807, 2.05) is 0 Å². The molecule has 26 valence electrons. The van der Waals surface area contributed by atoms with Gasteiger partial charge in [-0.1, -0.05) is 0 Å². The van der Waals surface area contributed by atoms with Gasteiger partial charge >= 0.3 is 50.3 Å². The molecule has 0 heterocycles. The first-order valence-corrected chi connectivity index (χ1v) is 17.1. The summed E-state index contributed by atoms with van der Waals surface area (Å²) in [6, 6.07) is 0. The van der Waals surface area contributed by atoms with Crippen molar-refractivity contribution in [1.29, 1.82) is 0 Å². The van der Waals surface area contributed by atoms with E-state index in [4.69, 9.17) is 0 Å². The Kier molecular flexibility index (Phi) is 1.76. The van der Waals surface area contributed by atoms with Crippen molar-refractivity contribution in [3.63, 3.8) is 0 Å². The third-order valence-corrected chi connectivity index (χ3v) is 13.8. The summed E-state index contributed by atoms with van der Waals surface area (Å²) in [5.41, 5.74) is 0. The second kappa shape index (κ2) is 1.92. The van der Waals surface area contributed by atoms with E-state index in [0.29, 0.717) is 0 Å². The van der Waals surface area contributed by atoms with Crippen LogP contribution in [0.3, 0.4) is 0 Å². The number of halogens is 1. The first-order valence-electron chi connectivity index (χ1n) is 1.99. The number of hydrogen-bond acceptors (Lipinski definition) is 0. The molecule has 0 aliphatic heterocycles. The van der Waals surface area contributed by atoms with E-state index in [1.54, 1.807) is 12.8 Å². The van der Waals surface area contributed by atoms with Crippen LogP contribution < -0.4 is 0 Å². The van der Waals surface area contributed by atoms with Crippen molar-refractivity contribution in [2.24, 2.45) is 0 Å². The fourth-order valence-electron chi connectivity index (χ4n) is 0.272. The average Bonchev–Trinajstić information content (AvgIpc) is 2.12. The van der Waals surface area contributed by atoms with E-state index in [0.717, 1.165) is 0 Å². The molecule has 0 N–H and O–H groups in total. The predicted molar refractivity (Wildman–Crippen MR) is 21.9 cm³/mol. The summed E-state index contributed by atoms with van der Waals surface area (Å²) in [6.45, 7) is 0. The Labute approximate surface area is 50.0 Å². The zero-order valence-corrected chi connectivity index (χ0v) is 10.2. The van der Waals surface area contributed by atoms with Gasteiger partial charge in [-0.15, -0.1) is 0 Å². The summed E-state index contributed by atoms with van der Waals surface area (Å²) in [6.07, 6.45) is 3.12. The van der Waals surface area contributed by atoms with Gasteiger partial charge in [0.1, 0.15) is 0 Å². The zero-order valence-electron chi connectivity index (χ0n) is 3.08. The van der Waals surface area contributed by atoms with Gasteiger partial charge in [0, 0.05) is 0 Å². The maximum absolute atomic E-state index is 3.60. The minimum absolute atomic E-state index is 0.302. The van der Waals surface area contributed by atoms with E-state index in [2.05, 4.69) is 11.9 Å². The van der Waals surface area contributed by atoms with Gasteiger partial charge in [0.25, 0.3) is 0 Å². The summed E-state index contributed by atoms with van der Waals surface area (Å²) in [7, 11) is 0. The van der Waals surface area contributed by atoms with Crippen LogP contribution in [0.1, 0.15) is 12.8 Å². The molecule has 0 spiro atoms. The van der Waals surface area contributed by atoms with Crippen LogP contribution in [0.15, 0.2) is 0 Å². The Hall–Kier alpha value is 1.42. The standard InChI is InChI=1S/C3H5.BrH.Hg/c1-2-3-1;;/h1H,2-3H2;1H;/q;;+1/p-1. The molecule has 0 aromatic heterocycles. The molecule has 1 aliphatic rings. The van der Waals surface area contributed by atoms with Crippen molar-refractivity contribution in [2.45, 2.75) is 16.3 Å². The summed E-state index contributed by atoms with van der Waals surface area (Å²) < 4.78 is 1.27. The van der Waals surface area contributed by atoms with Crippen LogP contribution in [0.25, 0.3) is 0 Å². The maximum atomic E-state index is 3.60. The van der Waals surface area contributed by atoms with Crippen LogP contribution in [-0.2, 0) is 22.1 Å². The van der Waals surface area contributed by atoms with Crippen LogP contribution in [-0.4, -0.2) is 0 Å². The monoisotopic (exact) mass is 322 g/mol. The molecule has 0 radical (unpaired) electrons. The van der Waals surface area contributed by atoms with Crippen molar-refractivity contribution >= 4 is 11.9 Å². The Morgan fingerprint density at radius 3 is 2.20 bits per heavy atom. The second-order valence-corrected chi connectivity index (χ2v) is 13.0. The van der Waals surface area contributed by atoms with Crippen molar-refractivity contribution in [1.82, 2.24) is 0 Å². The molecule has 0 atom stereocenters. The molecule has 2 heteroatoms. The molecule has 0 nitrogen and oxygen atoms in total. The number of hydrogen-bond donors (Lipinski definition) is 0. The van der Waals surface area contributed by atoms with E-state index in [1.165, 1.54) is 3.43 Å². The molecule has 5 heavy (non-hydrogen) atoms. The van der Waals surface area contributed by atoms with Gasteiger partial charge in [0.15, 0.2) is 0 Å².